The molecule has 80 valence electrons. The first-order valence-corrected chi connectivity index (χ1v) is 6.68. The van der Waals surface area contributed by atoms with Crippen LogP contribution >= 0.6 is 0 Å². The second kappa shape index (κ2) is 4.33. The number of sulfone groups is 1. The molecular formula is C10H17NO2S. The molecule has 0 spiro atoms. The van der Waals surface area contributed by atoms with E-state index in [2.05, 4.69) is 11.2 Å². The lowest BCUT2D eigenvalue weighted by Crippen LogP contribution is -2.43. The molecule has 0 bridgehead atoms. The number of unbranched alkanes of at least 4 members (excludes halogenated alkanes) is 1. The maximum Gasteiger partial charge on any atom is 0.152 e. The van der Waals surface area contributed by atoms with Gasteiger partial charge in [-0.05, 0) is 26.3 Å². The molecule has 1 rings (SSSR count). The summed E-state index contributed by atoms with van der Waals surface area (Å²) < 4.78 is 22.5. The first-order valence-electron chi connectivity index (χ1n) is 4.86. The molecule has 1 aliphatic rings. The van der Waals surface area contributed by atoms with E-state index in [0.29, 0.717) is 12.2 Å². The molecule has 0 aromatic rings. The molecule has 0 aromatic heterocycles. The molecule has 4 heteroatoms. The molecule has 1 heterocycles. The maximum absolute atomic E-state index is 11.3. The highest BCUT2D eigenvalue weighted by atomic mass is 32.2. The van der Waals surface area contributed by atoms with Crippen LogP contribution in [0.2, 0.25) is 0 Å². The summed E-state index contributed by atoms with van der Waals surface area (Å²) in [5.41, 5.74) is -0.229. The maximum atomic E-state index is 11.3. The SMILES string of the molecule is C#CCCCNC1(C)CCS(=O)(=O)C1. The summed E-state index contributed by atoms with van der Waals surface area (Å²) in [6.45, 7) is 2.77. The zero-order valence-corrected chi connectivity index (χ0v) is 9.36. The predicted octanol–water partition coefficient (Wildman–Crippen LogP) is 0.567. The summed E-state index contributed by atoms with van der Waals surface area (Å²) in [5.74, 6) is 3.13. The molecule has 0 aliphatic carbocycles. The monoisotopic (exact) mass is 215 g/mol. The average molecular weight is 215 g/mol. The highest BCUT2D eigenvalue weighted by Crippen LogP contribution is 2.22. The first kappa shape index (κ1) is 11.5. The quantitative estimate of drug-likeness (QED) is 0.551. The van der Waals surface area contributed by atoms with E-state index < -0.39 is 9.84 Å². The average Bonchev–Trinajstić information content (AvgIpc) is 2.36. The van der Waals surface area contributed by atoms with Gasteiger partial charge in [0, 0.05) is 12.0 Å². The van der Waals surface area contributed by atoms with Crippen molar-refractivity contribution in [3.05, 3.63) is 0 Å². The van der Waals surface area contributed by atoms with E-state index in [1.165, 1.54) is 0 Å². The van der Waals surface area contributed by atoms with E-state index >= 15 is 0 Å². The fraction of sp³-hybridized carbons (Fsp3) is 0.800. The van der Waals surface area contributed by atoms with Crippen LogP contribution in [-0.4, -0.2) is 32.0 Å². The van der Waals surface area contributed by atoms with E-state index in [0.717, 1.165) is 19.4 Å². The second-order valence-electron chi connectivity index (χ2n) is 4.14. The van der Waals surface area contributed by atoms with Gasteiger partial charge in [0.1, 0.15) is 0 Å². The Hall–Kier alpha value is -0.530. The Morgan fingerprint density at radius 1 is 1.57 bits per heavy atom. The molecule has 1 atom stereocenters. The molecule has 1 fully saturated rings. The van der Waals surface area contributed by atoms with Gasteiger partial charge in [-0.3, -0.25) is 0 Å². The van der Waals surface area contributed by atoms with Crippen LogP contribution in [0.25, 0.3) is 0 Å². The molecule has 14 heavy (non-hydrogen) atoms. The van der Waals surface area contributed by atoms with Crippen molar-refractivity contribution in [2.45, 2.75) is 31.7 Å². The van der Waals surface area contributed by atoms with Crippen LogP contribution in [0.3, 0.4) is 0 Å². The number of nitrogens with one attached hydrogen (secondary N) is 1. The van der Waals surface area contributed by atoms with Crippen LogP contribution in [0.1, 0.15) is 26.2 Å². The summed E-state index contributed by atoms with van der Waals surface area (Å²) in [6, 6.07) is 0. The van der Waals surface area contributed by atoms with Gasteiger partial charge < -0.3 is 5.32 Å². The number of terminal acetylenes is 1. The van der Waals surface area contributed by atoms with Gasteiger partial charge >= 0.3 is 0 Å². The van der Waals surface area contributed by atoms with Crippen LogP contribution in [-0.2, 0) is 9.84 Å². The topological polar surface area (TPSA) is 46.2 Å². The number of hydrogen-bond acceptors (Lipinski definition) is 3. The molecule has 0 saturated carbocycles. The molecule has 0 amide bonds. The molecule has 3 nitrogen and oxygen atoms in total. The fourth-order valence-corrected chi connectivity index (χ4v) is 3.85. The zero-order valence-electron chi connectivity index (χ0n) is 8.54. The highest BCUT2D eigenvalue weighted by Gasteiger charge is 2.37. The summed E-state index contributed by atoms with van der Waals surface area (Å²) in [6.07, 6.45) is 7.49. The van der Waals surface area contributed by atoms with E-state index in [1.807, 2.05) is 6.92 Å². The van der Waals surface area contributed by atoms with Gasteiger partial charge in [0.05, 0.1) is 11.5 Å². The van der Waals surface area contributed by atoms with Crippen molar-refractivity contribution in [2.75, 3.05) is 18.1 Å². The third-order valence-corrected chi connectivity index (χ3v) is 4.46. The van der Waals surface area contributed by atoms with Crippen molar-refractivity contribution in [2.24, 2.45) is 0 Å². The Morgan fingerprint density at radius 3 is 2.79 bits per heavy atom. The summed E-state index contributed by atoms with van der Waals surface area (Å²) in [4.78, 5) is 0. The minimum atomic E-state index is -2.80. The van der Waals surface area contributed by atoms with Crippen LogP contribution in [0.4, 0.5) is 0 Å². The Bertz CT molecular complexity index is 329. The van der Waals surface area contributed by atoms with E-state index in [4.69, 9.17) is 6.42 Å². The Labute approximate surface area is 86.2 Å². The van der Waals surface area contributed by atoms with E-state index in [1.54, 1.807) is 0 Å². The lowest BCUT2D eigenvalue weighted by atomic mass is 10.0. The normalized spacial score (nSPS) is 30.0. The lowest BCUT2D eigenvalue weighted by Gasteiger charge is -2.23. The van der Waals surface area contributed by atoms with Crippen LogP contribution in [0.15, 0.2) is 0 Å². The smallest absolute Gasteiger partial charge is 0.152 e. The Morgan fingerprint density at radius 2 is 2.29 bits per heavy atom. The Kier molecular flexibility index (Phi) is 3.57. The molecule has 1 aliphatic heterocycles. The number of hydrogen-bond donors (Lipinski definition) is 1. The van der Waals surface area contributed by atoms with Crippen molar-refractivity contribution in [3.63, 3.8) is 0 Å². The molecule has 1 N–H and O–H groups in total. The van der Waals surface area contributed by atoms with Crippen molar-refractivity contribution in [1.82, 2.24) is 5.32 Å². The summed E-state index contributed by atoms with van der Waals surface area (Å²) in [5, 5.41) is 3.27. The van der Waals surface area contributed by atoms with Gasteiger partial charge in [-0.25, -0.2) is 8.42 Å². The minimum absolute atomic E-state index is 0.229. The fourth-order valence-electron chi connectivity index (χ4n) is 1.73. The predicted molar refractivity (Wildman–Crippen MR) is 57.7 cm³/mol. The van der Waals surface area contributed by atoms with Crippen molar-refractivity contribution in [1.29, 1.82) is 0 Å². The molecule has 0 radical (unpaired) electrons. The largest absolute Gasteiger partial charge is 0.310 e. The van der Waals surface area contributed by atoms with Crippen LogP contribution < -0.4 is 5.32 Å². The molecule has 1 saturated heterocycles. The standard InChI is InChI=1S/C10H17NO2S/c1-3-4-5-7-11-10(2)6-8-14(12,13)9-10/h1,11H,4-9H2,2H3. The van der Waals surface area contributed by atoms with Crippen LogP contribution in [0, 0.1) is 12.3 Å². The lowest BCUT2D eigenvalue weighted by molar-refractivity contribution is 0.396. The molecule has 0 aromatic carbocycles. The minimum Gasteiger partial charge on any atom is -0.310 e. The molecule has 1 unspecified atom stereocenters. The third-order valence-electron chi connectivity index (χ3n) is 2.55. The third kappa shape index (κ3) is 3.32. The zero-order chi connectivity index (χ0) is 10.7. The highest BCUT2D eigenvalue weighted by molar-refractivity contribution is 7.91. The van der Waals surface area contributed by atoms with Gasteiger partial charge in [0.2, 0.25) is 0 Å². The summed E-state index contributed by atoms with van der Waals surface area (Å²) >= 11 is 0. The van der Waals surface area contributed by atoms with Gasteiger partial charge in [0.15, 0.2) is 9.84 Å². The first-order chi connectivity index (χ1) is 6.47. The van der Waals surface area contributed by atoms with Gasteiger partial charge in [-0.2, -0.15) is 0 Å². The van der Waals surface area contributed by atoms with E-state index in [-0.39, 0.29) is 11.3 Å². The Balaban J connectivity index is 2.35. The van der Waals surface area contributed by atoms with Gasteiger partial charge in [0.25, 0.3) is 0 Å². The summed E-state index contributed by atoms with van der Waals surface area (Å²) in [7, 11) is -2.80. The van der Waals surface area contributed by atoms with Crippen molar-refractivity contribution in [3.8, 4) is 12.3 Å². The van der Waals surface area contributed by atoms with Gasteiger partial charge in [-0.1, -0.05) is 0 Å². The van der Waals surface area contributed by atoms with Crippen LogP contribution in [0.5, 0.6) is 0 Å². The van der Waals surface area contributed by atoms with Crippen molar-refractivity contribution < 1.29 is 8.42 Å². The van der Waals surface area contributed by atoms with Gasteiger partial charge in [-0.15, -0.1) is 12.3 Å². The molecular weight excluding hydrogens is 198 g/mol. The van der Waals surface area contributed by atoms with Crippen molar-refractivity contribution >= 4 is 9.84 Å². The number of rotatable bonds is 4. The van der Waals surface area contributed by atoms with E-state index in [9.17, 15) is 8.42 Å². The second-order valence-corrected chi connectivity index (χ2v) is 6.32.